The number of rotatable bonds is 39. The third-order valence-corrected chi connectivity index (χ3v) is 9.76. The van der Waals surface area contributed by atoms with E-state index in [1.807, 2.05) is 0 Å². The van der Waals surface area contributed by atoms with Gasteiger partial charge >= 0.3 is 13.8 Å². The summed E-state index contributed by atoms with van der Waals surface area (Å²) in [4.78, 5) is 22.4. The van der Waals surface area contributed by atoms with Crippen molar-refractivity contribution in [2.24, 2.45) is 5.73 Å². The predicted molar refractivity (Wildman–Crippen MR) is 197 cm³/mol. The minimum Gasteiger partial charge on any atom is -0.457 e. The summed E-state index contributed by atoms with van der Waals surface area (Å²) in [6.45, 7) is 4.96. The first-order valence-electron chi connectivity index (χ1n) is 20.0. The second kappa shape index (κ2) is 36.8. The van der Waals surface area contributed by atoms with Gasteiger partial charge in [0.15, 0.2) is 0 Å². The van der Waals surface area contributed by atoms with E-state index < -0.39 is 13.9 Å². The third kappa shape index (κ3) is 36.6. The highest BCUT2D eigenvalue weighted by Crippen LogP contribution is 2.43. The topological polar surface area (TPSA) is 117 Å². The lowest BCUT2D eigenvalue weighted by Crippen LogP contribution is -2.28. The summed E-state index contributed by atoms with van der Waals surface area (Å²) < 4.78 is 33.3. The number of unbranched alkanes of at least 4 members (excludes halogenated alkanes) is 26. The van der Waals surface area contributed by atoms with Crippen molar-refractivity contribution in [3.63, 3.8) is 0 Å². The van der Waals surface area contributed by atoms with Gasteiger partial charge in [-0.3, -0.25) is 13.8 Å². The molecule has 0 aliphatic heterocycles. The van der Waals surface area contributed by atoms with Crippen LogP contribution in [0.15, 0.2) is 0 Å². The molecule has 282 valence electrons. The second-order valence-corrected chi connectivity index (χ2v) is 15.0. The standard InChI is InChI=1S/C38H78NO7P/c1-3-5-7-9-11-13-15-16-17-18-19-20-21-22-23-25-27-29-31-38(40)46-37(36-45-47(41,42)44-34-32-39)35-43-33-30-28-26-24-14-12-10-8-6-4-2/h37H,3-36,39H2,1-2H3,(H,41,42). The Balaban J connectivity index is 3.97. The zero-order chi connectivity index (χ0) is 34.5. The molecule has 8 nitrogen and oxygen atoms in total. The maximum absolute atomic E-state index is 12.5. The fourth-order valence-corrected chi connectivity index (χ4v) is 6.59. The molecule has 0 aliphatic carbocycles. The minimum absolute atomic E-state index is 0.0904. The first-order valence-corrected chi connectivity index (χ1v) is 21.5. The van der Waals surface area contributed by atoms with E-state index in [1.165, 1.54) is 148 Å². The molecule has 0 aromatic heterocycles. The van der Waals surface area contributed by atoms with E-state index in [0.29, 0.717) is 13.0 Å². The number of ether oxygens (including phenoxy) is 2. The van der Waals surface area contributed by atoms with Crippen LogP contribution in [0.1, 0.15) is 200 Å². The summed E-state index contributed by atoms with van der Waals surface area (Å²) in [6.07, 6.45) is 35.4. The molecule has 2 atom stereocenters. The van der Waals surface area contributed by atoms with Crippen molar-refractivity contribution in [2.75, 3.05) is 33.0 Å². The number of phosphoric acid groups is 1. The maximum atomic E-state index is 12.5. The van der Waals surface area contributed by atoms with Crippen molar-refractivity contribution in [3.05, 3.63) is 0 Å². The van der Waals surface area contributed by atoms with Crippen LogP contribution in [0.3, 0.4) is 0 Å². The lowest BCUT2D eigenvalue weighted by molar-refractivity contribution is -0.154. The Bertz CT molecular complexity index is 697. The fraction of sp³-hybridized carbons (Fsp3) is 0.974. The SMILES string of the molecule is CCCCCCCCCCCCCCCCCCCCC(=O)OC(COCCCCCCCCCCCC)COP(=O)(O)OCCN. The van der Waals surface area contributed by atoms with E-state index in [1.54, 1.807) is 0 Å². The van der Waals surface area contributed by atoms with E-state index in [2.05, 4.69) is 13.8 Å². The molecule has 0 aromatic rings. The number of hydrogen-bond acceptors (Lipinski definition) is 7. The molecule has 0 fully saturated rings. The Labute approximate surface area is 291 Å². The van der Waals surface area contributed by atoms with Crippen LogP contribution in [-0.4, -0.2) is 49.9 Å². The van der Waals surface area contributed by atoms with E-state index >= 15 is 0 Å². The molecule has 0 aliphatic rings. The summed E-state index contributed by atoms with van der Waals surface area (Å²) >= 11 is 0. The molecule has 0 heterocycles. The quantitative estimate of drug-likeness (QED) is 0.0371. The monoisotopic (exact) mass is 692 g/mol. The van der Waals surface area contributed by atoms with E-state index in [4.69, 9.17) is 24.3 Å². The zero-order valence-corrected chi connectivity index (χ0v) is 31.9. The summed E-state index contributed by atoms with van der Waals surface area (Å²) in [6, 6.07) is 0. The highest BCUT2D eigenvalue weighted by molar-refractivity contribution is 7.47. The third-order valence-electron chi connectivity index (χ3n) is 8.77. The van der Waals surface area contributed by atoms with Crippen molar-refractivity contribution >= 4 is 13.8 Å². The molecule has 3 N–H and O–H groups in total. The lowest BCUT2D eigenvalue weighted by Gasteiger charge is -2.20. The van der Waals surface area contributed by atoms with Gasteiger partial charge in [0.2, 0.25) is 0 Å². The summed E-state index contributed by atoms with van der Waals surface area (Å²) in [5.74, 6) is -0.326. The van der Waals surface area contributed by atoms with Gasteiger partial charge in [0.05, 0.1) is 19.8 Å². The predicted octanol–water partition coefficient (Wildman–Crippen LogP) is 11.4. The molecule has 47 heavy (non-hydrogen) atoms. The Morgan fingerprint density at radius 3 is 1.34 bits per heavy atom. The average molecular weight is 692 g/mol. The molecule has 0 saturated heterocycles. The van der Waals surface area contributed by atoms with E-state index in [9.17, 15) is 14.3 Å². The van der Waals surface area contributed by atoms with Gasteiger partial charge in [0.1, 0.15) is 6.10 Å². The molecule has 0 spiro atoms. The van der Waals surface area contributed by atoms with Crippen LogP contribution in [0, 0.1) is 0 Å². The van der Waals surface area contributed by atoms with Crippen molar-refractivity contribution < 1.29 is 32.8 Å². The summed E-state index contributed by atoms with van der Waals surface area (Å²) in [5, 5.41) is 0. The molecular formula is C38H78NO7P. The summed E-state index contributed by atoms with van der Waals surface area (Å²) in [5.41, 5.74) is 5.35. The van der Waals surface area contributed by atoms with Gasteiger partial charge in [-0.05, 0) is 12.8 Å². The minimum atomic E-state index is -4.26. The van der Waals surface area contributed by atoms with Crippen LogP contribution in [0.25, 0.3) is 0 Å². The van der Waals surface area contributed by atoms with E-state index in [0.717, 1.165) is 32.1 Å². The molecule has 0 amide bonds. The number of phosphoric ester groups is 1. The second-order valence-electron chi connectivity index (χ2n) is 13.5. The van der Waals surface area contributed by atoms with Gasteiger partial charge in [-0.1, -0.05) is 181 Å². The zero-order valence-electron chi connectivity index (χ0n) is 31.0. The van der Waals surface area contributed by atoms with E-state index in [-0.39, 0.29) is 32.3 Å². The smallest absolute Gasteiger partial charge is 0.457 e. The van der Waals surface area contributed by atoms with Crippen molar-refractivity contribution in [3.8, 4) is 0 Å². The molecule has 2 unspecified atom stereocenters. The molecular weight excluding hydrogens is 613 g/mol. The van der Waals surface area contributed by atoms with Crippen molar-refractivity contribution in [2.45, 2.75) is 206 Å². The largest absolute Gasteiger partial charge is 0.472 e. The number of carbonyl (C=O) groups excluding carboxylic acids is 1. The fourth-order valence-electron chi connectivity index (χ4n) is 5.82. The first-order chi connectivity index (χ1) is 22.9. The van der Waals surface area contributed by atoms with Gasteiger partial charge in [-0.2, -0.15) is 0 Å². The first kappa shape index (κ1) is 46.5. The van der Waals surface area contributed by atoms with Crippen LogP contribution in [-0.2, 0) is 27.9 Å². The van der Waals surface area contributed by atoms with Gasteiger partial charge in [0.25, 0.3) is 0 Å². The number of nitrogens with two attached hydrogens (primary N) is 1. The molecule has 0 radical (unpaired) electrons. The molecule has 9 heteroatoms. The van der Waals surface area contributed by atoms with Gasteiger partial charge in [-0.25, -0.2) is 4.57 Å². The van der Waals surface area contributed by atoms with Crippen LogP contribution in [0.2, 0.25) is 0 Å². The average Bonchev–Trinajstić information content (AvgIpc) is 3.06. The van der Waals surface area contributed by atoms with Gasteiger partial charge in [-0.15, -0.1) is 0 Å². The highest BCUT2D eigenvalue weighted by atomic mass is 31.2. The highest BCUT2D eigenvalue weighted by Gasteiger charge is 2.25. The Hall–Kier alpha value is -0.500. The van der Waals surface area contributed by atoms with Crippen LogP contribution in [0.4, 0.5) is 0 Å². The van der Waals surface area contributed by atoms with Crippen molar-refractivity contribution in [1.82, 2.24) is 0 Å². The van der Waals surface area contributed by atoms with Crippen molar-refractivity contribution in [1.29, 1.82) is 0 Å². The Morgan fingerprint density at radius 1 is 0.553 bits per heavy atom. The Morgan fingerprint density at radius 2 is 0.936 bits per heavy atom. The molecule has 0 aromatic carbocycles. The lowest BCUT2D eigenvalue weighted by atomic mass is 10.0. The normalized spacial score (nSPS) is 13.5. The molecule has 0 saturated carbocycles. The van der Waals surface area contributed by atoms with Crippen LogP contribution in [0.5, 0.6) is 0 Å². The number of hydrogen-bond donors (Lipinski definition) is 2. The molecule has 0 rings (SSSR count). The summed E-state index contributed by atoms with van der Waals surface area (Å²) in [7, 11) is -4.26. The molecule has 0 bridgehead atoms. The number of carbonyl (C=O) groups is 1. The van der Waals surface area contributed by atoms with Crippen LogP contribution < -0.4 is 5.73 Å². The number of esters is 1. The van der Waals surface area contributed by atoms with Gasteiger partial charge in [0, 0.05) is 19.6 Å². The maximum Gasteiger partial charge on any atom is 0.472 e. The Kier molecular flexibility index (Phi) is 36.4. The van der Waals surface area contributed by atoms with Crippen LogP contribution >= 0.6 is 7.82 Å². The van der Waals surface area contributed by atoms with Gasteiger partial charge < -0.3 is 20.1 Å².